The van der Waals surface area contributed by atoms with Gasteiger partial charge in [0.05, 0.1) is 17.3 Å². The van der Waals surface area contributed by atoms with Gasteiger partial charge in [-0.2, -0.15) is 5.10 Å². The van der Waals surface area contributed by atoms with E-state index in [2.05, 4.69) is 18.9 Å². The number of rotatable bonds is 5. The van der Waals surface area contributed by atoms with Gasteiger partial charge in [-0.15, -0.1) is 0 Å². The minimum atomic E-state index is 0.298. The predicted molar refractivity (Wildman–Crippen MR) is 73.5 cm³/mol. The molecular weight excluding hydrogens is 248 g/mol. The number of hydrogen-bond acceptors (Lipinski definition) is 2. The lowest BCUT2D eigenvalue weighted by Crippen LogP contribution is -2.09. The number of nitrogens with zero attached hydrogens (tertiary/aromatic N) is 2. The van der Waals surface area contributed by atoms with E-state index in [4.69, 9.17) is 11.6 Å². The Balaban J connectivity index is 2.40. The first kappa shape index (κ1) is 13.6. The standard InChI is InChI=1S/C14H21ClN2O/c1-3-11(4-2)17-14(15)12(9-18)13(16-17)10-7-5-6-8-10/h9-11H,3-8H2,1-2H3. The van der Waals surface area contributed by atoms with Crippen molar-refractivity contribution in [1.29, 1.82) is 0 Å². The van der Waals surface area contributed by atoms with Crippen molar-refractivity contribution in [3.8, 4) is 0 Å². The van der Waals surface area contributed by atoms with Gasteiger partial charge in [-0.05, 0) is 25.7 Å². The largest absolute Gasteiger partial charge is 0.298 e. The third-order valence-corrected chi connectivity index (χ3v) is 4.44. The van der Waals surface area contributed by atoms with Crippen LogP contribution in [0.4, 0.5) is 0 Å². The highest BCUT2D eigenvalue weighted by Gasteiger charge is 2.27. The first-order valence-electron chi connectivity index (χ1n) is 6.95. The van der Waals surface area contributed by atoms with Crippen LogP contribution in [-0.2, 0) is 0 Å². The second-order valence-electron chi connectivity index (χ2n) is 5.10. The number of aldehydes is 1. The van der Waals surface area contributed by atoms with Gasteiger partial charge in [-0.3, -0.25) is 4.79 Å². The SMILES string of the molecule is CCC(CC)n1nc(C2CCCC2)c(C=O)c1Cl. The summed E-state index contributed by atoms with van der Waals surface area (Å²) >= 11 is 6.33. The molecule has 0 aliphatic heterocycles. The summed E-state index contributed by atoms with van der Waals surface area (Å²) in [7, 11) is 0. The van der Waals surface area contributed by atoms with E-state index in [1.54, 1.807) is 0 Å². The van der Waals surface area contributed by atoms with Gasteiger partial charge in [-0.1, -0.05) is 38.3 Å². The molecule has 0 aromatic carbocycles. The fourth-order valence-electron chi connectivity index (χ4n) is 2.93. The minimum Gasteiger partial charge on any atom is -0.298 e. The van der Waals surface area contributed by atoms with Crippen molar-refractivity contribution in [3.05, 3.63) is 16.4 Å². The number of hydrogen-bond donors (Lipinski definition) is 0. The third-order valence-electron chi connectivity index (χ3n) is 4.06. The van der Waals surface area contributed by atoms with E-state index in [-0.39, 0.29) is 0 Å². The summed E-state index contributed by atoms with van der Waals surface area (Å²) in [5.41, 5.74) is 1.55. The Morgan fingerprint density at radius 2 is 2.00 bits per heavy atom. The van der Waals surface area contributed by atoms with Crippen LogP contribution in [0, 0.1) is 0 Å². The molecule has 1 saturated carbocycles. The molecule has 100 valence electrons. The van der Waals surface area contributed by atoms with Crippen LogP contribution in [0.1, 0.15) is 80.4 Å². The normalized spacial score (nSPS) is 16.7. The van der Waals surface area contributed by atoms with Crippen LogP contribution in [0.2, 0.25) is 5.15 Å². The molecule has 2 rings (SSSR count). The number of carbonyl (C=O) groups is 1. The number of carbonyl (C=O) groups excluding carboxylic acids is 1. The highest BCUT2D eigenvalue weighted by Crippen LogP contribution is 2.37. The van der Waals surface area contributed by atoms with Crippen LogP contribution in [0.15, 0.2) is 0 Å². The van der Waals surface area contributed by atoms with E-state index < -0.39 is 0 Å². The zero-order valence-electron chi connectivity index (χ0n) is 11.2. The molecule has 0 atom stereocenters. The number of halogens is 1. The van der Waals surface area contributed by atoms with E-state index in [0.29, 0.717) is 22.7 Å². The fourth-order valence-corrected chi connectivity index (χ4v) is 3.25. The fraction of sp³-hybridized carbons (Fsp3) is 0.714. The molecule has 18 heavy (non-hydrogen) atoms. The molecule has 0 N–H and O–H groups in total. The van der Waals surface area contributed by atoms with Crippen molar-refractivity contribution in [1.82, 2.24) is 9.78 Å². The molecule has 0 unspecified atom stereocenters. The lowest BCUT2D eigenvalue weighted by molar-refractivity contribution is 0.112. The van der Waals surface area contributed by atoms with Crippen molar-refractivity contribution in [2.75, 3.05) is 0 Å². The van der Waals surface area contributed by atoms with E-state index >= 15 is 0 Å². The molecule has 1 heterocycles. The summed E-state index contributed by atoms with van der Waals surface area (Å²) in [6.07, 6.45) is 7.59. The molecule has 0 bridgehead atoms. The predicted octanol–water partition coefficient (Wildman–Crippen LogP) is 4.37. The van der Waals surface area contributed by atoms with Crippen molar-refractivity contribution in [2.45, 2.75) is 64.3 Å². The molecule has 1 aliphatic rings. The average Bonchev–Trinajstić information content (AvgIpc) is 2.99. The van der Waals surface area contributed by atoms with E-state index in [9.17, 15) is 4.79 Å². The average molecular weight is 269 g/mol. The summed E-state index contributed by atoms with van der Waals surface area (Å²) in [4.78, 5) is 11.3. The molecule has 0 amide bonds. The van der Waals surface area contributed by atoms with Crippen LogP contribution in [-0.4, -0.2) is 16.1 Å². The Hall–Kier alpha value is -0.830. The summed E-state index contributed by atoms with van der Waals surface area (Å²) in [6, 6.07) is 0.298. The third kappa shape index (κ3) is 2.33. The summed E-state index contributed by atoms with van der Waals surface area (Å²) in [5.74, 6) is 0.429. The zero-order valence-corrected chi connectivity index (χ0v) is 11.9. The first-order chi connectivity index (χ1) is 8.72. The second-order valence-corrected chi connectivity index (χ2v) is 5.46. The molecule has 1 aromatic heterocycles. The smallest absolute Gasteiger partial charge is 0.155 e. The van der Waals surface area contributed by atoms with Crippen LogP contribution in [0.3, 0.4) is 0 Å². The Labute approximate surface area is 114 Å². The van der Waals surface area contributed by atoms with Gasteiger partial charge in [0.15, 0.2) is 6.29 Å². The Morgan fingerprint density at radius 1 is 1.39 bits per heavy atom. The maximum absolute atomic E-state index is 11.3. The molecule has 0 radical (unpaired) electrons. The van der Waals surface area contributed by atoms with E-state index in [1.807, 2.05) is 4.68 Å². The first-order valence-corrected chi connectivity index (χ1v) is 7.33. The second kappa shape index (κ2) is 5.87. The van der Waals surface area contributed by atoms with Crippen LogP contribution >= 0.6 is 11.6 Å². The van der Waals surface area contributed by atoms with Gasteiger partial charge in [0.25, 0.3) is 0 Å². The lowest BCUT2D eigenvalue weighted by Gasteiger charge is -2.14. The van der Waals surface area contributed by atoms with Crippen molar-refractivity contribution >= 4 is 17.9 Å². The zero-order chi connectivity index (χ0) is 13.1. The Kier molecular flexibility index (Phi) is 4.44. The van der Waals surface area contributed by atoms with E-state index in [1.165, 1.54) is 12.8 Å². The molecule has 1 aromatic rings. The molecule has 1 aliphatic carbocycles. The van der Waals surface area contributed by atoms with E-state index in [0.717, 1.165) is 37.7 Å². The van der Waals surface area contributed by atoms with Gasteiger partial charge in [-0.25, -0.2) is 4.68 Å². The Morgan fingerprint density at radius 3 is 2.50 bits per heavy atom. The highest BCUT2D eigenvalue weighted by molar-refractivity contribution is 6.32. The highest BCUT2D eigenvalue weighted by atomic mass is 35.5. The van der Waals surface area contributed by atoms with Gasteiger partial charge in [0, 0.05) is 5.92 Å². The summed E-state index contributed by atoms with van der Waals surface area (Å²) in [6.45, 7) is 4.25. The molecular formula is C14H21ClN2O. The van der Waals surface area contributed by atoms with Crippen molar-refractivity contribution in [2.24, 2.45) is 0 Å². The van der Waals surface area contributed by atoms with Gasteiger partial charge >= 0.3 is 0 Å². The molecule has 3 nitrogen and oxygen atoms in total. The minimum absolute atomic E-state index is 0.298. The monoisotopic (exact) mass is 268 g/mol. The van der Waals surface area contributed by atoms with Crippen molar-refractivity contribution in [3.63, 3.8) is 0 Å². The molecule has 0 spiro atoms. The van der Waals surface area contributed by atoms with Crippen LogP contribution in [0.5, 0.6) is 0 Å². The maximum atomic E-state index is 11.3. The van der Waals surface area contributed by atoms with Crippen LogP contribution < -0.4 is 0 Å². The van der Waals surface area contributed by atoms with Gasteiger partial charge in [0.1, 0.15) is 5.15 Å². The van der Waals surface area contributed by atoms with Crippen molar-refractivity contribution < 1.29 is 4.79 Å². The summed E-state index contributed by atoms with van der Waals surface area (Å²) < 4.78 is 1.86. The van der Waals surface area contributed by atoms with Crippen LogP contribution in [0.25, 0.3) is 0 Å². The Bertz CT molecular complexity index is 418. The molecule has 1 fully saturated rings. The molecule has 4 heteroatoms. The summed E-state index contributed by atoms with van der Waals surface area (Å²) in [5, 5.41) is 5.19. The lowest BCUT2D eigenvalue weighted by atomic mass is 10.0. The van der Waals surface area contributed by atoms with Gasteiger partial charge < -0.3 is 0 Å². The van der Waals surface area contributed by atoms with Gasteiger partial charge in [0.2, 0.25) is 0 Å². The maximum Gasteiger partial charge on any atom is 0.155 e. The molecule has 0 saturated heterocycles. The number of aromatic nitrogens is 2. The quantitative estimate of drug-likeness (QED) is 0.744. The topological polar surface area (TPSA) is 34.9 Å².